The Morgan fingerprint density at radius 1 is 1.23 bits per heavy atom. The Bertz CT molecular complexity index is 1280. The average molecular weight is 441 g/mol. The molecule has 1 aliphatic rings. The van der Waals surface area contributed by atoms with Gasteiger partial charge in [-0.25, -0.2) is 9.61 Å². The topological polar surface area (TPSA) is 111 Å². The van der Waals surface area contributed by atoms with Crippen molar-refractivity contribution in [3.63, 3.8) is 0 Å². The van der Waals surface area contributed by atoms with Crippen LogP contribution in [0.1, 0.15) is 0 Å². The molecule has 0 spiro atoms. The van der Waals surface area contributed by atoms with Crippen LogP contribution in [0, 0.1) is 0 Å². The molecule has 30 heavy (non-hydrogen) atoms. The highest BCUT2D eigenvalue weighted by atomic mass is 32.2. The summed E-state index contributed by atoms with van der Waals surface area (Å²) in [6.07, 6.45) is 0. The summed E-state index contributed by atoms with van der Waals surface area (Å²) in [6, 6.07) is 10.8. The van der Waals surface area contributed by atoms with Gasteiger partial charge in [-0.15, -0.1) is 16.4 Å². The van der Waals surface area contributed by atoms with Crippen LogP contribution < -0.4 is 20.3 Å². The molecule has 11 heteroatoms. The van der Waals surface area contributed by atoms with Crippen LogP contribution in [-0.2, 0) is 4.79 Å². The molecular formula is C19H15N5O4S2. The fourth-order valence-electron chi connectivity index (χ4n) is 2.98. The van der Waals surface area contributed by atoms with E-state index in [1.807, 2.05) is 17.5 Å². The van der Waals surface area contributed by atoms with Gasteiger partial charge < -0.3 is 14.8 Å². The SMILES string of the molecule is O=C(CSc1n[nH]c(=O)c2cc(-c3cccs3)nn12)Nc1ccc2c(c1)OCCO2. The zero-order valence-corrected chi connectivity index (χ0v) is 17.1. The molecule has 1 aliphatic heterocycles. The number of carbonyl (C=O) groups excluding carboxylic acids is 1. The Labute approximate surface area is 178 Å². The lowest BCUT2D eigenvalue weighted by molar-refractivity contribution is -0.113. The number of nitrogens with zero attached hydrogens (tertiary/aromatic N) is 3. The predicted molar refractivity (Wildman–Crippen MR) is 114 cm³/mol. The number of aromatic nitrogens is 4. The molecule has 4 heterocycles. The van der Waals surface area contributed by atoms with E-state index in [9.17, 15) is 9.59 Å². The number of anilines is 1. The lowest BCUT2D eigenvalue weighted by Crippen LogP contribution is -2.18. The minimum Gasteiger partial charge on any atom is -0.486 e. The van der Waals surface area contributed by atoms with Gasteiger partial charge in [-0.2, -0.15) is 5.10 Å². The van der Waals surface area contributed by atoms with E-state index in [1.165, 1.54) is 27.6 Å². The van der Waals surface area contributed by atoms with Gasteiger partial charge in [0.2, 0.25) is 11.1 Å². The lowest BCUT2D eigenvalue weighted by Gasteiger charge is -2.18. The quantitative estimate of drug-likeness (QED) is 0.458. The predicted octanol–water partition coefficient (Wildman–Crippen LogP) is 2.65. The number of thioether (sulfide) groups is 1. The Hall–Kier alpha value is -3.31. The van der Waals surface area contributed by atoms with Crippen LogP contribution in [0.2, 0.25) is 0 Å². The maximum Gasteiger partial charge on any atom is 0.290 e. The molecule has 0 radical (unpaired) electrons. The van der Waals surface area contributed by atoms with Gasteiger partial charge in [-0.3, -0.25) is 9.59 Å². The van der Waals surface area contributed by atoms with Gasteiger partial charge in [0, 0.05) is 11.8 Å². The third kappa shape index (κ3) is 3.64. The zero-order chi connectivity index (χ0) is 20.5. The first-order chi connectivity index (χ1) is 14.7. The standard InChI is InChI=1S/C19H15N5O4S2/c25-17(20-11-3-4-14-15(8-11)28-6-5-27-14)10-30-19-22-21-18(26)13-9-12(23-24(13)19)16-2-1-7-29-16/h1-4,7-9H,5-6,10H2,(H,20,25)(H,21,26). The highest BCUT2D eigenvalue weighted by Gasteiger charge is 2.16. The molecule has 2 N–H and O–H groups in total. The lowest BCUT2D eigenvalue weighted by atomic mass is 10.2. The summed E-state index contributed by atoms with van der Waals surface area (Å²) in [5, 5.41) is 16.2. The fraction of sp³-hybridized carbons (Fsp3) is 0.158. The second kappa shape index (κ2) is 7.84. The minimum atomic E-state index is -0.338. The second-order valence-electron chi connectivity index (χ2n) is 6.33. The van der Waals surface area contributed by atoms with E-state index in [2.05, 4.69) is 20.6 Å². The first kappa shape index (κ1) is 18.7. The Kier molecular flexibility index (Phi) is 4.89. The van der Waals surface area contributed by atoms with Crippen molar-refractivity contribution in [1.29, 1.82) is 0 Å². The maximum absolute atomic E-state index is 12.4. The Morgan fingerprint density at radius 2 is 2.10 bits per heavy atom. The molecule has 5 rings (SSSR count). The van der Waals surface area contributed by atoms with E-state index in [1.54, 1.807) is 24.3 Å². The molecule has 0 saturated carbocycles. The largest absolute Gasteiger partial charge is 0.486 e. The first-order valence-corrected chi connectivity index (χ1v) is 10.9. The molecule has 0 saturated heterocycles. The number of fused-ring (bicyclic) bond motifs is 2. The van der Waals surface area contributed by atoms with E-state index in [4.69, 9.17) is 9.47 Å². The molecule has 0 atom stereocenters. The number of nitrogens with one attached hydrogen (secondary N) is 2. The van der Waals surface area contributed by atoms with Gasteiger partial charge in [0.1, 0.15) is 24.4 Å². The molecule has 3 aromatic heterocycles. The van der Waals surface area contributed by atoms with Crippen molar-refractivity contribution < 1.29 is 14.3 Å². The Morgan fingerprint density at radius 3 is 2.93 bits per heavy atom. The van der Waals surface area contributed by atoms with Gasteiger partial charge in [0.15, 0.2) is 11.5 Å². The van der Waals surface area contributed by atoms with Crippen molar-refractivity contribution in [1.82, 2.24) is 19.8 Å². The summed E-state index contributed by atoms with van der Waals surface area (Å²) in [5.74, 6) is 1.14. The summed E-state index contributed by atoms with van der Waals surface area (Å²) in [6.45, 7) is 0.989. The monoisotopic (exact) mass is 441 g/mol. The fourth-order valence-corrected chi connectivity index (χ4v) is 4.36. The second-order valence-corrected chi connectivity index (χ2v) is 8.22. The number of thiophene rings is 1. The van der Waals surface area contributed by atoms with Crippen LogP contribution >= 0.6 is 23.1 Å². The first-order valence-electron chi connectivity index (χ1n) is 9.02. The van der Waals surface area contributed by atoms with Crippen molar-refractivity contribution in [3.05, 3.63) is 52.1 Å². The van der Waals surface area contributed by atoms with Gasteiger partial charge in [-0.05, 0) is 29.6 Å². The molecule has 9 nitrogen and oxygen atoms in total. The van der Waals surface area contributed by atoms with Crippen LogP contribution in [0.3, 0.4) is 0 Å². The molecular weight excluding hydrogens is 426 g/mol. The normalized spacial score (nSPS) is 12.8. The summed E-state index contributed by atoms with van der Waals surface area (Å²) in [7, 11) is 0. The van der Waals surface area contributed by atoms with Gasteiger partial charge >= 0.3 is 0 Å². The molecule has 4 aromatic rings. The molecule has 0 fully saturated rings. The van der Waals surface area contributed by atoms with Gasteiger partial charge in [0.05, 0.1) is 10.6 Å². The summed E-state index contributed by atoms with van der Waals surface area (Å²) in [5.41, 5.74) is 1.34. The molecule has 0 unspecified atom stereocenters. The maximum atomic E-state index is 12.4. The van der Waals surface area contributed by atoms with Crippen LogP contribution in [-0.4, -0.2) is 44.7 Å². The third-order valence-corrected chi connectivity index (χ3v) is 6.13. The minimum absolute atomic E-state index is 0.0940. The van der Waals surface area contributed by atoms with Gasteiger partial charge in [0.25, 0.3) is 5.56 Å². The molecule has 0 aliphatic carbocycles. The number of hydrogen-bond acceptors (Lipinski definition) is 8. The Balaban J connectivity index is 1.32. The summed E-state index contributed by atoms with van der Waals surface area (Å²) in [4.78, 5) is 25.5. The summed E-state index contributed by atoms with van der Waals surface area (Å²) >= 11 is 2.71. The summed E-state index contributed by atoms with van der Waals surface area (Å²) < 4.78 is 12.5. The zero-order valence-electron chi connectivity index (χ0n) is 15.5. The molecule has 1 aromatic carbocycles. The van der Waals surface area contributed by atoms with Crippen molar-refractivity contribution in [2.45, 2.75) is 5.16 Å². The van der Waals surface area contributed by atoms with Crippen LogP contribution in [0.15, 0.2) is 51.7 Å². The smallest absolute Gasteiger partial charge is 0.290 e. The van der Waals surface area contributed by atoms with Crippen molar-refractivity contribution in [2.75, 3.05) is 24.3 Å². The number of rotatable bonds is 5. The van der Waals surface area contributed by atoms with Crippen molar-refractivity contribution in [2.24, 2.45) is 0 Å². The van der Waals surface area contributed by atoms with E-state index in [0.717, 1.165) is 4.88 Å². The highest BCUT2D eigenvalue weighted by molar-refractivity contribution is 7.99. The third-order valence-electron chi connectivity index (χ3n) is 4.31. The van der Waals surface area contributed by atoms with Crippen LogP contribution in [0.4, 0.5) is 5.69 Å². The molecule has 0 bridgehead atoms. The van der Waals surface area contributed by atoms with E-state index in [0.29, 0.717) is 46.8 Å². The van der Waals surface area contributed by atoms with Crippen LogP contribution in [0.25, 0.3) is 16.1 Å². The van der Waals surface area contributed by atoms with E-state index in [-0.39, 0.29) is 17.2 Å². The van der Waals surface area contributed by atoms with E-state index < -0.39 is 0 Å². The average Bonchev–Trinajstić information content (AvgIpc) is 3.44. The van der Waals surface area contributed by atoms with Crippen molar-refractivity contribution in [3.8, 4) is 22.1 Å². The highest BCUT2D eigenvalue weighted by Crippen LogP contribution is 2.32. The van der Waals surface area contributed by atoms with Crippen molar-refractivity contribution >= 4 is 40.2 Å². The number of amides is 1. The van der Waals surface area contributed by atoms with Crippen LogP contribution in [0.5, 0.6) is 11.5 Å². The molecule has 1 amide bonds. The molecule has 152 valence electrons. The number of hydrogen-bond donors (Lipinski definition) is 2. The number of H-pyrrole nitrogens is 1. The van der Waals surface area contributed by atoms with Gasteiger partial charge in [-0.1, -0.05) is 17.8 Å². The number of aromatic amines is 1. The number of ether oxygens (including phenoxy) is 2. The number of carbonyl (C=O) groups is 1. The van der Waals surface area contributed by atoms with E-state index >= 15 is 0 Å². The number of benzene rings is 1.